The van der Waals surface area contributed by atoms with E-state index in [1.807, 2.05) is 0 Å². The molecule has 0 amide bonds. The van der Waals surface area contributed by atoms with E-state index in [0.717, 1.165) is 77.0 Å². The van der Waals surface area contributed by atoms with Crippen LogP contribution >= 0.6 is 7.82 Å². The van der Waals surface area contributed by atoms with Crippen LogP contribution in [0.5, 0.6) is 0 Å². The summed E-state index contributed by atoms with van der Waals surface area (Å²) in [4.78, 5) is 35.9. The lowest BCUT2D eigenvalue weighted by Crippen LogP contribution is -2.64. The van der Waals surface area contributed by atoms with Crippen molar-refractivity contribution in [2.24, 2.45) is 0 Å². The molecule has 6 unspecified atom stereocenters. The number of phosphoric ester groups is 1. The van der Waals surface area contributed by atoms with E-state index in [1.165, 1.54) is 103 Å². The summed E-state index contributed by atoms with van der Waals surface area (Å²) in [5.74, 6) is -1.10. The van der Waals surface area contributed by atoms with Gasteiger partial charge in [0.25, 0.3) is 0 Å². The number of unbranched alkanes of at least 4 members (excludes halogenated alkanes) is 24. The van der Waals surface area contributed by atoms with Crippen molar-refractivity contribution in [2.45, 2.75) is 262 Å². The van der Waals surface area contributed by atoms with Crippen LogP contribution in [0.3, 0.4) is 0 Å². The van der Waals surface area contributed by atoms with Gasteiger partial charge in [-0.25, -0.2) is 4.57 Å². The first-order valence-corrected chi connectivity index (χ1v) is 27.9. The number of hydrogen-bond acceptors (Lipinski definition) is 12. The number of phosphoric acid groups is 1. The number of rotatable bonds is 44. The van der Waals surface area contributed by atoms with Crippen LogP contribution in [0, 0.1) is 0 Å². The third-order valence-corrected chi connectivity index (χ3v) is 13.1. The minimum Gasteiger partial charge on any atom is -0.462 e. The van der Waals surface area contributed by atoms with Crippen LogP contribution in [0.2, 0.25) is 0 Å². The van der Waals surface area contributed by atoms with Gasteiger partial charge in [-0.15, -0.1) is 0 Å². The summed E-state index contributed by atoms with van der Waals surface area (Å²) in [6.07, 6.45) is 38.6. The molecule has 0 spiro atoms. The zero-order valence-electron chi connectivity index (χ0n) is 41.7. The molecule has 0 aliphatic heterocycles. The first kappa shape index (κ1) is 62.8. The second-order valence-corrected chi connectivity index (χ2v) is 19.8. The molecular weight excluding hydrogens is 876 g/mol. The summed E-state index contributed by atoms with van der Waals surface area (Å²) in [6, 6.07) is 0. The van der Waals surface area contributed by atoms with Crippen LogP contribution in [-0.2, 0) is 32.7 Å². The van der Waals surface area contributed by atoms with Gasteiger partial charge >= 0.3 is 19.8 Å². The normalized spacial score (nSPS) is 21.5. The molecule has 0 aromatic heterocycles. The van der Waals surface area contributed by atoms with E-state index in [1.54, 1.807) is 0 Å². The molecule has 8 atom stereocenters. The van der Waals surface area contributed by atoms with E-state index < -0.39 is 75.7 Å². The van der Waals surface area contributed by atoms with Crippen LogP contribution in [0.1, 0.15) is 219 Å². The van der Waals surface area contributed by atoms with Crippen molar-refractivity contribution in [1.29, 1.82) is 0 Å². The maximum atomic E-state index is 12.9. The Labute approximate surface area is 405 Å². The number of carbonyl (C=O) groups excluding carboxylic acids is 2. The third kappa shape index (κ3) is 34.7. The average molecular weight is 971 g/mol. The number of aliphatic hydroxyl groups is 5. The predicted molar refractivity (Wildman–Crippen MR) is 267 cm³/mol. The summed E-state index contributed by atoms with van der Waals surface area (Å²) in [7, 11) is -5.13. The van der Waals surface area contributed by atoms with Crippen molar-refractivity contribution in [3.05, 3.63) is 48.6 Å². The highest BCUT2D eigenvalue weighted by Crippen LogP contribution is 2.47. The molecule has 390 valence electrons. The zero-order valence-corrected chi connectivity index (χ0v) is 42.6. The molecule has 0 aromatic carbocycles. The van der Waals surface area contributed by atoms with Gasteiger partial charge in [0.1, 0.15) is 43.2 Å². The van der Waals surface area contributed by atoms with Crippen LogP contribution in [0.25, 0.3) is 0 Å². The van der Waals surface area contributed by atoms with Gasteiger partial charge in [0.15, 0.2) is 6.10 Å². The van der Waals surface area contributed by atoms with Crippen LogP contribution < -0.4 is 0 Å². The fourth-order valence-corrected chi connectivity index (χ4v) is 8.85. The molecule has 1 aliphatic carbocycles. The maximum absolute atomic E-state index is 12.9. The Balaban J connectivity index is 2.39. The molecule has 0 radical (unpaired) electrons. The third-order valence-electron chi connectivity index (χ3n) is 12.1. The zero-order chi connectivity index (χ0) is 49.2. The van der Waals surface area contributed by atoms with Crippen molar-refractivity contribution in [2.75, 3.05) is 13.2 Å². The molecule has 0 saturated heterocycles. The Morgan fingerprint density at radius 1 is 0.463 bits per heavy atom. The number of esters is 2. The highest BCUT2D eigenvalue weighted by molar-refractivity contribution is 7.47. The van der Waals surface area contributed by atoms with Crippen molar-refractivity contribution >= 4 is 19.8 Å². The van der Waals surface area contributed by atoms with Crippen molar-refractivity contribution in [3.63, 3.8) is 0 Å². The van der Waals surface area contributed by atoms with Gasteiger partial charge in [0, 0.05) is 12.8 Å². The fraction of sp³-hybridized carbons (Fsp3) is 0.811. The molecular formula is C53H95O13P. The number of ether oxygens (including phenoxy) is 2. The highest BCUT2D eigenvalue weighted by Gasteiger charge is 2.51. The highest BCUT2D eigenvalue weighted by atomic mass is 31.2. The van der Waals surface area contributed by atoms with Crippen molar-refractivity contribution in [3.8, 4) is 0 Å². The molecule has 1 saturated carbocycles. The van der Waals surface area contributed by atoms with Gasteiger partial charge in [-0.1, -0.05) is 178 Å². The molecule has 6 N–H and O–H groups in total. The Bertz CT molecular complexity index is 1350. The minimum atomic E-state index is -5.13. The monoisotopic (exact) mass is 971 g/mol. The Kier molecular flexibility index (Phi) is 40.0. The molecule has 0 aromatic rings. The second-order valence-electron chi connectivity index (χ2n) is 18.4. The van der Waals surface area contributed by atoms with Gasteiger partial charge < -0.3 is 39.9 Å². The molecule has 1 aliphatic rings. The summed E-state index contributed by atoms with van der Waals surface area (Å²) in [6.45, 7) is 3.27. The number of hydrogen-bond donors (Lipinski definition) is 6. The Morgan fingerprint density at radius 2 is 0.806 bits per heavy atom. The van der Waals surface area contributed by atoms with Crippen molar-refractivity contribution < 1.29 is 63.1 Å². The first-order chi connectivity index (χ1) is 32.4. The molecule has 0 heterocycles. The number of allylic oxidation sites excluding steroid dienone is 8. The maximum Gasteiger partial charge on any atom is 0.472 e. The lowest BCUT2D eigenvalue weighted by molar-refractivity contribution is -0.220. The molecule has 67 heavy (non-hydrogen) atoms. The largest absolute Gasteiger partial charge is 0.472 e. The summed E-state index contributed by atoms with van der Waals surface area (Å²) in [5, 5.41) is 50.3. The molecule has 1 rings (SSSR count). The quantitative estimate of drug-likeness (QED) is 0.0145. The SMILES string of the molecule is CCCCC/C=C\C/C=C\CCCCCCCCCCCC(=O)OC[C@H](COP(=O)(O)OC1C(O)C(O)C(O)[C@@H](O)C1O)OC(=O)CCCCCCCCCCC/C=C\C/C=C\CCCCC. The minimum absolute atomic E-state index is 0.0904. The van der Waals surface area contributed by atoms with Crippen LogP contribution in [-0.4, -0.2) is 98.3 Å². The summed E-state index contributed by atoms with van der Waals surface area (Å²) in [5.41, 5.74) is 0. The van der Waals surface area contributed by atoms with E-state index in [4.69, 9.17) is 18.5 Å². The van der Waals surface area contributed by atoms with E-state index in [-0.39, 0.29) is 12.8 Å². The lowest BCUT2D eigenvalue weighted by Gasteiger charge is -2.41. The molecule has 14 heteroatoms. The molecule has 13 nitrogen and oxygen atoms in total. The van der Waals surface area contributed by atoms with Crippen LogP contribution in [0.15, 0.2) is 48.6 Å². The van der Waals surface area contributed by atoms with Gasteiger partial charge in [-0.3, -0.25) is 18.6 Å². The first-order valence-electron chi connectivity index (χ1n) is 26.4. The van der Waals surface area contributed by atoms with E-state index >= 15 is 0 Å². The average Bonchev–Trinajstić information content (AvgIpc) is 3.31. The summed E-state index contributed by atoms with van der Waals surface area (Å²) >= 11 is 0. The van der Waals surface area contributed by atoms with Gasteiger partial charge in [-0.2, -0.15) is 0 Å². The predicted octanol–water partition coefficient (Wildman–Crippen LogP) is 11.5. The standard InChI is InChI=1S/C53H95O13P/c1-3-5-7-9-11-13-15-17-19-21-23-25-27-29-31-33-35-37-39-41-46(54)63-43-45(44-64-67(61,62)66-53-51(59)49(57)48(56)50(58)52(53)60)65-47(55)42-40-38-36-34-32-30-28-26-24-22-20-18-16-14-12-10-8-6-4-2/h11-14,17-20,45,48-53,56-60H,3-10,15-16,21-44H2,1-2H3,(H,61,62)/b13-11-,14-12-,19-17-,20-18-/t45-,48?,49-,50?,51?,52?,53?/m1/s1. The number of carbonyl (C=O) groups is 2. The fourth-order valence-electron chi connectivity index (χ4n) is 7.88. The second kappa shape index (κ2) is 42.7. The Hall–Kier alpha value is -2.19. The smallest absolute Gasteiger partial charge is 0.462 e. The molecule has 1 fully saturated rings. The van der Waals surface area contributed by atoms with Crippen molar-refractivity contribution in [1.82, 2.24) is 0 Å². The van der Waals surface area contributed by atoms with E-state index in [0.29, 0.717) is 12.8 Å². The van der Waals surface area contributed by atoms with Gasteiger partial charge in [-0.05, 0) is 77.0 Å². The summed E-state index contributed by atoms with van der Waals surface area (Å²) < 4.78 is 33.7. The Morgan fingerprint density at radius 3 is 1.21 bits per heavy atom. The van der Waals surface area contributed by atoms with Gasteiger partial charge in [0.05, 0.1) is 6.61 Å². The van der Waals surface area contributed by atoms with Gasteiger partial charge in [0.2, 0.25) is 0 Å². The van der Waals surface area contributed by atoms with E-state index in [2.05, 4.69) is 62.5 Å². The topological polar surface area (TPSA) is 210 Å². The lowest BCUT2D eigenvalue weighted by atomic mass is 9.85. The number of aliphatic hydroxyl groups excluding tert-OH is 5. The molecule has 0 bridgehead atoms. The van der Waals surface area contributed by atoms with Crippen LogP contribution in [0.4, 0.5) is 0 Å². The van der Waals surface area contributed by atoms with E-state index in [9.17, 15) is 44.6 Å².